The van der Waals surface area contributed by atoms with E-state index in [0.717, 1.165) is 38.6 Å². The summed E-state index contributed by atoms with van der Waals surface area (Å²) in [7, 11) is 0. The Kier molecular flexibility index (Phi) is 7.20. The number of carbonyl (C=O) groups excluding carboxylic acids is 1. The van der Waals surface area contributed by atoms with E-state index in [1.165, 1.54) is 0 Å². The minimum atomic E-state index is -0.802. The lowest BCUT2D eigenvalue weighted by molar-refractivity contribution is -0.150. The van der Waals surface area contributed by atoms with Crippen LogP contribution in [0.1, 0.15) is 66.2 Å². The van der Waals surface area contributed by atoms with Crippen LogP contribution in [0.25, 0.3) is 0 Å². The number of nitrogens with zero attached hydrogens (tertiary/aromatic N) is 1. The molecule has 0 aliphatic heterocycles. The van der Waals surface area contributed by atoms with Gasteiger partial charge in [-0.25, -0.2) is 0 Å². The molecule has 4 atom stereocenters. The molecule has 1 rings (SSSR count). The van der Waals surface area contributed by atoms with E-state index in [4.69, 9.17) is 0 Å². The number of unbranched alkanes of at least 4 members (excludes halogenated alkanes) is 1. The van der Waals surface area contributed by atoms with Gasteiger partial charge >= 0.3 is 5.97 Å². The normalized spacial score (nSPS) is 26.6. The number of carboxylic acids is 1. The predicted octanol–water partition coefficient (Wildman–Crippen LogP) is 3.55. The molecule has 1 amide bonds. The molecule has 4 unspecified atom stereocenters. The highest BCUT2D eigenvalue weighted by Crippen LogP contribution is 2.39. The van der Waals surface area contributed by atoms with Gasteiger partial charge in [-0.1, -0.05) is 33.6 Å². The van der Waals surface area contributed by atoms with Crippen LogP contribution in [0.4, 0.5) is 0 Å². The van der Waals surface area contributed by atoms with Gasteiger partial charge in [-0.05, 0) is 38.5 Å². The second-order valence-corrected chi connectivity index (χ2v) is 6.44. The van der Waals surface area contributed by atoms with E-state index in [1.54, 1.807) is 0 Å². The number of amides is 1. The van der Waals surface area contributed by atoms with Crippen molar-refractivity contribution in [2.75, 3.05) is 6.54 Å². The van der Waals surface area contributed by atoms with Crippen molar-refractivity contribution >= 4 is 11.9 Å². The molecule has 0 radical (unpaired) electrons. The highest BCUT2D eigenvalue weighted by atomic mass is 16.4. The van der Waals surface area contributed by atoms with Gasteiger partial charge in [0.15, 0.2) is 0 Å². The van der Waals surface area contributed by atoms with Gasteiger partial charge in [0.25, 0.3) is 0 Å². The largest absolute Gasteiger partial charge is 0.481 e. The number of hydrogen-bond donors (Lipinski definition) is 1. The van der Waals surface area contributed by atoms with Crippen molar-refractivity contribution in [1.29, 1.82) is 0 Å². The summed E-state index contributed by atoms with van der Waals surface area (Å²) in [5, 5.41) is 9.43. The number of carbonyl (C=O) groups is 2. The third kappa shape index (κ3) is 4.45. The molecule has 0 spiro atoms. The van der Waals surface area contributed by atoms with E-state index in [0.29, 0.717) is 12.3 Å². The molecule has 1 aliphatic rings. The van der Waals surface area contributed by atoms with E-state index in [9.17, 15) is 14.7 Å². The average Bonchev–Trinajstić information content (AvgIpc) is 2.91. The fourth-order valence-electron chi connectivity index (χ4n) is 3.33. The second-order valence-electron chi connectivity index (χ2n) is 6.44. The highest BCUT2D eigenvalue weighted by Gasteiger charge is 2.44. The Morgan fingerprint density at radius 3 is 2.29 bits per heavy atom. The summed E-state index contributed by atoms with van der Waals surface area (Å²) in [6, 6.07) is 0.194. The SMILES string of the molecule is CCCCN(C(=O)C1CC(CC)CC1C(=O)O)C(C)CC. The predicted molar refractivity (Wildman–Crippen MR) is 84.0 cm³/mol. The smallest absolute Gasteiger partial charge is 0.307 e. The lowest BCUT2D eigenvalue weighted by atomic mass is 9.94. The summed E-state index contributed by atoms with van der Waals surface area (Å²) < 4.78 is 0. The summed E-state index contributed by atoms with van der Waals surface area (Å²) in [5.41, 5.74) is 0. The van der Waals surface area contributed by atoms with E-state index < -0.39 is 11.9 Å². The molecule has 1 fully saturated rings. The maximum atomic E-state index is 12.9. The van der Waals surface area contributed by atoms with Gasteiger partial charge in [-0.2, -0.15) is 0 Å². The van der Waals surface area contributed by atoms with Crippen LogP contribution >= 0.6 is 0 Å². The third-order valence-electron chi connectivity index (χ3n) is 5.03. The summed E-state index contributed by atoms with van der Waals surface area (Å²) in [4.78, 5) is 26.3. The molecule has 4 nitrogen and oxygen atoms in total. The zero-order valence-electron chi connectivity index (χ0n) is 14.0. The molecule has 0 bridgehead atoms. The lowest BCUT2D eigenvalue weighted by Crippen LogP contribution is -2.44. The number of hydrogen-bond acceptors (Lipinski definition) is 2. The van der Waals surface area contributed by atoms with Gasteiger partial charge < -0.3 is 10.0 Å². The van der Waals surface area contributed by atoms with Gasteiger partial charge in [0, 0.05) is 12.6 Å². The Balaban J connectivity index is 2.87. The fraction of sp³-hybridized carbons (Fsp3) is 0.882. The summed E-state index contributed by atoms with van der Waals surface area (Å²) in [6.07, 6.45) is 5.31. The van der Waals surface area contributed by atoms with Crippen molar-refractivity contribution in [3.8, 4) is 0 Å². The minimum Gasteiger partial charge on any atom is -0.481 e. The van der Waals surface area contributed by atoms with Crippen molar-refractivity contribution in [1.82, 2.24) is 4.90 Å². The molecule has 1 N–H and O–H groups in total. The molecular formula is C17H31NO3. The van der Waals surface area contributed by atoms with Crippen molar-refractivity contribution in [2.24, 2.45) is 17.8 Å². The first-order chi connectivity index (χ1) is 9.96. The third-order valence-corrected chi connectivity index (χ3v) is 5.03. The van der Waals surface area contributed by atoms with Crippen LogP contribution in [0.2, 0.25) is 0 Å². The molecule has 0 aromatic carbocycles. The van der Waals surface area contributed by atoms with Gasteiger partial charge in [0.05, 0.1) is 11.8 Å². The lowest BCUT2D eigenvalue weighted by Gasteiger charge is -2.32. The summed E-state index contributed by atoms with van der Waals surface area (Å²) in [5.74, 6) is -1.16. The van der Waals surface area contributed by atoms with Gasteiger partial charge in [-0.3, -0.25) is 9.59 Å². The van der Waals surface area contributed by atoms with E-state index in [-0.39, 0.29) is 17.9 Å². The zero-order valence-corrected chi connectivity index (χ0v) is 14.0. The Morgan fingerprint density at radius 1 is 1.19 bits per heavy atom. The van der Waals surface area contributed by atoms with Crippen molar-refractivity contribution < 1.29 is 14.7 Å². The van der Waals surface area contributed by atoms with Crippen LogP contribution in [-0.2, 0) is 9.59 Å². The van der Waals surface area contributed by atoms with Crippen LogP contribution in [0.3, 0.4) is 0 Å². The van der Waals surface area contributed by atoms with E-state index in [2.05, 4.69) is 27.7 Å². The van der Waals surface area contributed by atoms with E-state index >= 15 is 0 Å². The van der Waals surface area contributed by atoms with Gasteiger partial charge in [0.1, 0.15) is 0 Å². The van der Waals surface area contributed by atoms with Crippen LogP contribution in [0.5, 0.6) is 0 Å². The number of aliphatic carboxylic acids is 1. The molecule has 4 heteroatoms. The van der Waals surface area contributed by atoms with Gasteiger partial charge in [-0.15, -0.1) is 0 Å². The van der Waals surface area contributed by atoms with Crippen LogP contribution in [0, 0.1) is 17.8 Å². The Morgan fingerprint density at radius 2 is 1.81 bits per heavy atom. The van der Waals surface area contributed by atoms with Crippen molar-refractivity contribution in [3.63, 3.8) is 0 Å². The quantitative estimate of drug-likeness (QED) is 0.745. The zero-order chi connectivity index (χ0) is 16.0. The standard InChI is InChI=1S/C17H31NO3/c1-5-8-9-18(12(4)6-2)16(19)14-10-13(7-3)11-15(14)17(20)21/h12-15H,5-11H2,1-4H3,(H,20,21). The molecule has 0 aromatic heterocycles. The maximum Gasteiger partial charge on any atom is 0.307 e. The van der Waals surface area contributed by atoms with Crippen LogP contribution in [0.15, 0.2) is 0 Å². The first-order valence-corrected chi connectivity index (χ1v) is 8.49. The molecular weight excluding hydrogens is 266 g/mol. The monoisotopic (exact) mass is 297 g/mol. The van der Waals surface area contributed by atoms with Crippen LogP contribution < -0.4 is 0 Å². The topological polar surface area (TPSA) is 57.6 Å². The number of carboxylic acid groups (broad SMARTS) is 1. The van der Waals surface area contributed by atoms with Crippen molar-refractivity contribution in [2.45, 2.75) is 72.3 Å². The number of rotatable bonds is 8. The van der Waals surface area contributed by atoms with E-state index in [1.807, 2.05) is 4.90 Å². The second kappa shape index (κ2) is 8.40. The Bertz CT molecular complexity index is 356. The Labute approximate surface area is 128 Å². The fourth-order valence-corrected chi connectivity index (χ4v) is 3.33. The summed E-state index contributed by atoms with van der Waals surface area (Å²) >= 11 is 0. The Hall–Kier alpha value is -1.06. The molecule has 0 saturated heterocycles. The highest BCUT2D eigenvalue weighted by molar-refractivity contribution is 5.85. The average molecular weight is 297 g/mol. The minimum absolute atomic E-state index is 0.0705. The molecule has 21 heavy (non-hydrogen) atoms. The first-order valence-electron chi connectivity index (χ1n) is 8.49. The molecule has 0 aromatic rings. The molecule has 1 aliphatic carbocycles. The molecule has 122 valence electrons. The van der Waals surface area contributed by atoms with Crippen LogP contribution in [-0.4, -0.2) is 34.5 Å². The van der Waals surface area contributed by atoms with Crippen molar-refractivity contribution in [3.05, 3.63) is 0 Å². The molecule has 0 heterocycles. The molecule has 1 saturated carbocycles. The maximum absolute atomic E-state index is 12.9. The van der Waals surface area contributed by atoms with Gasteiger partial charge in [0.2, 0.25) is 5.91 Å². The summed E-state index contributed by atoms with van der Waals surface area (Å²) in [6.45, 7) is 9.09. The first kappa shape index (κ1) is 18.0.